The van der Waals surface area contributed by atoms with E-state index >= 15 is 0 Å². The third-order valence-electron chi connectivity index (χ3n) is 15.9. The van der Waals surface area contributed by atoms with Gasteiger partial charge < -0.3 is 9.13 Å². The van der Waals surface area contributed by atoms with Crippen LogP contribution in [-0.2, 0) is 6.18 Å². The highest BCUT2D eigenvalue weighted by Crippen LogP contribution is 2.45. The average Bonchev–Trinajstić information content (AvgIpc) is 1.61. The van der Waals surface area contributed by atoms with Crippen LogP contribution in [0.1, 0.15) is 16.7 Å². The molecule has 88 heavy (non-hydrogen) atoms. The van der Waals surface area contributed by atoms with Crippen LogP contribution in [0.5, 0.6) is 0 Å². The molecule has 0 spiro atoms. The van der Waals surface area contributed by atoms with Gasteiger partial charge in [0.15, 0.2) is 34.9 Å². The maximum absolute atomic E-state index is 14.3. The van der Waals surface area contributed by atoms with Gasteiger partial charge in [-0.3, -0.25) is 0 Å². The second-order valence-electron chi connectivity index (χ2n) is 21.2. The van der Waals surface area contributed by atoms with Crippen LogP contribution in [0.15, 0.2) is 261 Å². The predicted molar refractivity (Wildman–Crippen MR) is 340 cm³/mol. The van der Waals surface area contributed by atoms with Crippen LogP contribution in [0, 0.1) is 22.7 Å². The van der Waals surface area contributed by atoms with Gasteiger partial charge in [-0.1, -0.05) is 176 Å². The first-order valence-corrected chi connectivity index (χ1v) is 28.3. The Balaban J connectivity index is 0.961. The maximum atomic E-state index is 14.3. The fourth-order valence-electron chi connectivity index (χ4n) is 11.9. The van der Waals surface area contributed by atoms with Crippen LogP contribution < -0.4 is 0 Å². The number of para-hydroxylation sites is 2. The van der Waals surface area contributed by atoms with Crippen molar-refractivity contribution in [3.8, 4) is 114 Å². The molecule has 0 N–H and O–H groups in total. The summed E-state index contributed by atoms with van der Waals surface area (Å²) >= 11 is 0. The van der Waals surface area contributed by atoms with Gasteiger partial charge in [0.05, 0.1) is 62.3 Å². The number of rotatable bonds is 10. The molecule has 0 saturated carbocycles. The summed E-state index contributed by atoms with van der Waals surface area (Å²) in [5.74, 6) is 3.08. The number of aromatic nitrogens is 8. The van der Waals surface area contributed by atoms with Crippen molar-refractivity contribution in [1.29, 1.82) is 10.5 Å². The molecule has 4 aromatic heterocycles. The van der Waals surface area contributed by atoms with Gasteiger partial charge >= 0.3 is 6.18 Å². The quantitative estimate of drug-likeness (QED) is 0.132. The third-order valence-corrected chi connectivity index (χ3v) is 15.9. The highest BCUT2D eigenvalue weighted by Gasteiger charge is 2.32. The molecule has 0 saturated heterocycles. The zero-order valence-corrected chi connectivity index (χ0v) is 46.4. The molecule has 0 atom stereocenters. The van der Waals surface area contributed by atoms with Crippen molar-refractivity contribution in [2.24, 2.45) is 0 Å². The molecule has 0 radical (unpaired) electrons. The Bertz CT molecular complexity index is 5220. The van der Waals surface area contributed by atoms with E-state index in [4.69, 9.17) is 29.9 Å². The van der Waals surface area contributed by atoms with Crippen LogP contribution >= 0.6 is 0 Å². The number of benzene rings is 11. The first kappa shape index (κ1) is 52.6. The van der Waals surface area contributed by atoms with Gasteiger partial charge in [0.1, 0.15) is 0 Å². The second kappa shape index (κ2) is 21.5. The first-order chi connectivity index (χ1) is 43.2. The Kier molecular flexibility index (Phi) is 12.8. The van der Waals surface area contributed by atoms with Crippen molar-refractivity contribution in [2.75, 3.05) is 0 Å². The van der Waals surface area contributed by atoms with E-state index in [2.05, 4.69) is 39.5 Å². The molecule has 15 rings (SSSR count). The molecule has 0 amide bonds. The molecule has 15 aromatic rings. The number of fused-ring (bicyclic) bond motifs is 6. The lowest BCUT2D eigenvalue weighted by molar-refractivity contribution is -0.137. The molecule has 0 bridgehead atoms. The minimum Gasteiger partial charge on any atom is -0.309 e. The molecule has 4 heterocycles. The fourth-order valence-corrected chi connectivity index (χ4v) is 11.9. The summed E-state index contributed by atoms with van der Waals surface area (Å²) in [6.07, 6.45) is -4.68. The summed E-state index contributed by atoms with van der Waals surface area (Å²) in [7, 11) is 0. The second-order valence-corrected chi connectivity index (χ2v) is 21.2. The molecular formula is C75H43F3N10. The highest BCUT2D eigenvalue weighted by atomic mass is 19.4. The number of hydrogen-bond acceptors (Lipinski definition) is 8. The number of alkyl halides is 3. The van der Waals surface area contributed by atoms with Crippen molar-refractivity contribution in [2.45, 2.75) is 6.18 Å². The molecule has 0 aliphatic carbocycles. The van der Waals surface area contributed by atoms with Crippen LogP contribution in [0.4, 0.5) is 13.2 Å². The smallest absolute Gasteiger partial charge is 0.309 e. The highest BCUT2D eigenvalue weighted by molar-refractivity contribution is 6.13. The van der Waals surface area contributed by atoms with E-state index in [-0.39, 0.29) is 5.56 Å². The molecule has 0 aliphatic rings. The topological polar surface area (TPSA) is 135 Å². The van der Waals surface area contributed by atoms with Crippen LogP contribution in [0.2, 0.25) is 0 Å². The van der Waals surface area contributed by atoms with Gasteiger partial charge in [-0.25, -0.2) is 29.9 Å². The Morgan fingerprint density at radius 3 is 1.14 bits per heavy atom. The van der Waals surface area contributed by atoms with E-state index in [9.17, 15) is 23.7 Å². The number of nitrogens with zero attached hydrogens (tertiary/aromatic N) is 10. The van der Waals surface area contributed by atoms with Gasteiger partial charge in [-0.05, 0) is 96.1 Å². The van der Waals surface area contributed by atoms with Crippen molar-refractivity contribution >= 4 is 43.6 Å². The van der Waals surface area contributed by atoms with Crippen molar-refractivity contribution in [3.05, 3.63) is 278 Å². The third kappa shape index (κ3) is 9.24. The lowest BCUT2D eigenvalue weighted by Crippen LogP contribution is -2.06. The summed E-state index contributed by atoms with van der Waals surface area (Å²) in [5.41, 5.74) is 10.7. The Morgan fingerprint density at radius 1 is 0.295 bits per heavy atom. The summed E-state index contributed by atoms with van der Waals surface area (Å²) in [6.45, 7) is 0. The molecular weight excluding hydrogens is 1100 g/mol. The zero-order valence-electron chi connectivity index (χ0n) is 46.4. The zero-order chi connectivity index (χ0) is 59.5. The van der Waals surface area contributed by atoms with E-state index in [1.165, 1.54) is 6.07 Å². The van der Waals surface area contributed by atoms with Gasteiger partial charge in [-0.2, -0.15) is 23.7 Å². The Morgan fingerprint density at radius 2 is 0.693 bits per heavy atom. The van der Waals surface area contributed by atoms with Crippen molar-refractivity contribution < 1.29 is 13.2 Å². The molecule has 11 aromatic carbocycles. The van der Waals surface area contributed by atoms with Crippen LogP contribution in [-0.4, -0.2) is 39.0 Å². The van der Waals surface area contributed by atoms with Crippen LogP contribution in [0.3, 0.4) is 0 Å². The molecule has 0 aliphatic heterocycles. The van der Waals surface area contributed by atoms with E-state index in [1.54, 1.807) is 6.07 Å². The molecule has 0 unspecified atom stereocenters. The number of hydrogen-bond donors (Lipinski definition) is 0. The van der Waals surface area contributed by atoms with Gasteiger partial charge in [0.25, 0.3) is 0 Å². The lowest BCUT2D eigenvalue weighted by atomic mass is 9.91. The monoisotopic (exact) mass is 1140 g/mol. The summed E-state index contributed by atoms with van der Waals surface area (Å²) in [6, 6.07) is 86.7. The van der Waals surface area contributed by atoms with E-state index in [0.717, 1.165) is 89.1 Å². The predicted octanol–water partition coefficient (Wildman–Crippen LogP) is 18.3. The fraction of sp³-hybridized carbons (Fsp3) is 0.0133. The van der Waals surface area contributed by atoms with Gasteiger partial charge in [0.2, 0.25) is 0 Å². The average molecular weight is 1140 g/mol. The minimum atomic E-state index is -4.68. The number of nitriles is 2. The number of halogens is 3. The lowest BCUT2D eigenvalue weighted by Gasteiger charge is -2.21. The standard InChI is InChI=1S/C75H43F3N10/c76-75(77,78)55-35-36-56(54(40-55)45-80)50-32-37-66(87-62-29-15-13-27-57(62)59-42-51(33-38-64(59)87)73-83-69(46-18-5-1-6-19-46)81-70(84-73)47-20-7-2-8-21-47)61(41-50)68-53(44-79)26-17-31-67(68)88-63-30-16-14-28-58(63)60-43-52(34-39-65(60)88)74-85-71(48-22-9-3-10-23-48)82-72(86-74)49-24-11-4-12-25-49/h1-43H. The molecule has 13 heteroatoms. The van der Waals surface area contributed by atoms with Gasteiger partial charge in [0, 0.05) is 66.1 Å². The Hall–Kier alpha value is -12.2. The summed E-state index contributed by atoms with van der Waals surface area (Å²) in [5, 5.41) is 25.6. The maximum Gasteiger partial charge on any atom is 0.416 e. The summed E-state index contributed by atoms with van der Waals surface area (Å²) < 4.78 is 47.1. The molecule has 414 valence electrons. The van der Waals surface area contributed by atoms with Crippen LogP contribution in [0.25, 0.3) is 146 Å². The van der Waals surface area contributed by atoms with Crippen molar-refractivity contribution in [3.63, 3.8) is 0 Å². The largest absolute Gasteiger partial charge is 0.416 e. The van der Waals surface area contributed by atoms with Gasteiger partial charge in [-0.15, -0.1) is 0 Å². The Labute approximate surface area is 501 Å². The van der Waals surface area contributed by atoms with E-state index in [1.807, 2.05) is 218 Å². The molecule has 0 fully saturated rings. The summed E-state index contributed by atoms with van der Waals surface area (Å²) in [4.78, 5) is 30.1. The minimum absolute atomic E-state index is 0.154. The first-order valence-electron chi connectivity index (χ1n) is 28.3. The van der Waals surface area contributed by atoms with Crippen molar-refractivity contribution in [1.82, 2.24) is 39.0 Å². The van der Waals surface area contributed by atoms with E-state index in [0.29, 0.717) is 74.1 Å². The SMILES string of the molecule is N#Cc1cc(C(F)(F)F)ccc1-c1ccc(-n2c3ccccc3c3cc(-c4nc(-c5ccccc5)nc(-c5ccccc5)n4)ccc32)c(-c2c(C#N)cccc2-n2c3ccccc3c3cc(-c4nc(-c5ccccc5)nc(-c5ccccc5)n4)ccc32)c1. The van der Waals surface area contributed by atoms with E-state index < -0.39 is 11.7 Å². The molecule has 10 nitrogen and oxygen atoms in total. The normalized spacial score (nSPS) is 11.6.